The highest BCUT2D eigenvalue weighted by Gasteiger charge is 2.14. The van der Waals surface area contributed by atoms with Crippen LogP contribution >= 0.6 is 0 Å². The number of likely N-dealkylation sites (tertiary alicyclic amines) is 1. The molecule has 2 heterocycles. The van der Waals surface area contributed by atoms with Gasteiger partial charge in [0.1, 0.15) is 0 Å². The fourth-order valence-corrected chi connectivity index (χ4v) is 3.65. The standard InChI is InChI=1S/C20H30N4O/c1-16-7-8-19(17(2)13-16)20(25)15-24-14-18(21-22-24)9-12-23-10-5-3-4-6-11-23/h7-8,13-14,20,25H,3-6,9-12,15H2,1-2H3. The number of aromatic nitrogens is 3. The van der Waals surface area contributed by atoms with Gasteiger partial charge in [-0.2, -0.15) is 0 Å². The monoisotopic (exact) mass is 342 g/mol. The van der Waals surface area contributed by atoms with Crippen LogP contribution in [0, 0.1) is 13.8 Å². The Morgan fingerprint density at radius 2 is 1.88 bits per heavy atom. The Bertz CT molecular complexity index is 674. The fourth-order valence-electron chi connectivity index (χ4n) is 3.65. The van der Waals surface area contributed by atoms with Gasteiger partial charge in [-0.25, -0.2) is 4.68 Å². The Hall–Kier alpha value is -1.72. The van der Waals surface area contributed by atoms with Gasteiger partial charge in [-0.15, -0.1) is 5.10 Å². The molecule has 1 aromatic carbocycles. The molecule has 0 saturated carbocycles. The van der Waals surface area contributed by atoms with E-state index in [-0.39, 0.29) is 0 Å². The molecule has 0 spiro atoms. The van der Waals surface area contributed by atoms with E-state index < -0.39 is 6.10 Å². The highest BCUT2D eigenvalue weighted by molar-refractivity contribution is 5.31. The molecule has 0 aliphatic carbocycles. The summed E-state index contributed by atoms with van der Waals surface area (Å²) in [6.45, 7) is 8.02. The van der Waals surface area contributed by atoms with E-state index in [9.17, 15) is 5.11 Å². The first-order valence-corrected chi connectivity index (χ1v) is 9.48. The van der Waals surface area contributed by atoms with Gasteiger partial charge in [0.05, 0.1) is 18.3 Å². The molecule has 5 nitrogen and oxygen atoms in total. The Morgan fingerprint density at radius 1 is 1.12 bits per heavy atom. The van der Waals surface area contributed by atoms with Crippen molar-refractivity contribution in [2.75, 3.05) is 19.6 Å². The Labute approximate surface area is 150 Å². The zero-order valence-corrected chi connectivity index (χ0v) is 15.5. The summed E-state index contributed by atoms with van der Waals surface area (Å²) >= 11 is 0. The van der Waals surface area contributed by atoms with E-state index >= 15 is 0 Å². The van der Waals surface area contributed by atoms with E-state index in [2.05, 4.69) is 28.2 Å². The molecule has 3 rings (SSSR count). The van der Waals surface area contributed by atoms with Crippen LogP contribution in [0.4, 0.5) is 0 Å². The van der Waals surface area contributed by atoms with Crippen LogP contribution in [0.5, 0.6) is 0 Å². The van der Waals surface area contributed by atoms with Gasteiger partial charge in [-0.1, -0.05) is 41.8 Å². The van der Waals surface area contributed by atoms with E-state index in [1.165, 1.54) is 44.3 Å². The third-order valence-corrected chi connectivity index (χ3v) is 5.11. The molecule has 25 heavy (non-hydrogen) atoms. The second-order valence-electron chi connectivity index (χ2n) is 7.31. The molecule has 0 bridgehead atoms. The predicted octanol–water partition coefficient (Wildman–Crippen LogP) is 3.05. The Morgan fingerprint density at radius 3 is 2.60 bits per heavy atom. The summed E-state index contributed by atoms with van der Waals surface area (Å²) in [6, 6.07) is 6.15. The average molecular weight is 342 g/mol. The lowest BCUT2D eigenvalue weighted by atomic mass is 10.0. The summed E-state index contributed by atoms with van der Waals surface area (Å²) in [5, 5.41) is 19.0. The summed E-state index contributed by atoms with van der Waals surface area (Å²) in [4.78, 5) is 2.54. The zero-order chi connectivity index (χ0) is 17.6. The van der Waals surface area contributed by atoms with E-state index in [0.29, 0.717) is 6.54 Å². The van der Waals surface area contributed by atoms with Gasteiger partial charge in [-0.05, 0) is 50.9 Å². The average Bonchev–Trinajstić information content (AvgIpc) is 2.86. The maximum absolute atomic E-state index is 10.5. The van der Waals surface area contributed by atoms with Crippen LogP contribution in [0.3, 0.4) is 0 Å². The maximum atomic E-state index is 10.5. The number of aliphatic hydroxyl groups excluding tert-OH is 1. The molecule has 1 N–H and O–H groups in total. The minimum absolute atomic E-state index is 0.445. The molecule has 1 fully saturated rings. The number of hydrogen-bond donors (Lipinski definition) is 1. The van der Waals surface area contributed by atoms with Crippen LogP contribution in [0.2, 0.25) is 0 Å². The molecule has 1 saturated heterocycles. The normalized spacial score (nSPS) is 17.4. The fraction of sp³-hybridized carbons (Fsp3) is 0.600. The number of rotatable bonds is 6. The van der Waals surface area contributed by atoms with Crippen LogP contribution in [0.1, 0.15) is 54.2 Å². The van der Waals surface area contributed by atoms with Crippen molar-refractivity contribution in [3.63, 3.8) is 0 Å². The minimum atomic E-state index is -0.555. The molecule has 1 aromatic heterocycles. The minimum Gasteiger partial charge on any atom is -0.386 e. The summed E-state index contributed by atoms with van der Waals surface area (Å²) in [7, 11) is 0. The number of hydrogen-bond acceptors (Lipinski definition) is 4. The van der Waals surface area contributed by atoms with Crippen LogP contribution < -0.4 is 0 Å². The third kappa shape index (κ3) is 5.13. The molecular formula is C20H30N4O. The second kappa shape index (κ2) is 8.59. The van der Waals surface area contributed by atoms with E-state index in [1.807, 2.05) is 25.3 Å². The first-order valence-electron chi connectivity index (χ1n) is 9.48. The lowest BCUT2D eigenvalue weighted by Gasteiger charge is -2.18. The van der Waals surface area contributed by atoms with Gasteiger partial charge in [-0.3, -0.25) is 0 Å². The first-order chi connectivity index (χ1) is 12.1. The van der Waals surface area contributed by atoms with Crippen molar-refractivity contribution in [1.29, 1.82) is 0 Å². The van der Waals surface area contributed by atoms with E-state index in [0.717, 1.165) is 29.8 Å². The molecular weight excluding hydrogens is 312 g/mol. The van der Waals surface area contributed by atoms with Gasteiger partial charge in [0, 0.05) is 19.2 Å². The SMILES string of the molecule is Cc1ccc(C(O)Cn2cc(CCN3CCCCCC3)nn2)c(C)c1. The first kappa shape index (κ1) is 18.1. The number of nitrogens with zero attached hydrogens (tertiary/aromatic N) is 4. The van der Waals surface area contributed by atoms with Gasteiger partial charge in [0.2, 0.25) is 0 Å². The highest BCUT2D eigenvalue weighted by Crippen LogP contribution is 2.20. The summed E-state index contributed by atoms with van der Waals surface area (Å²) < 4.78 is 1.77. The quantitative estimate of drug-likeness (QED) is 0.877. The van der Waals surface area contributed by atoms with Gasteiger partial charge < -0.3 is 10.0 Å². The molecule has 1 aliphatic heterocycles. The molecule has 0 radical (unpaired) electrons. The maximum Gasteiger partial charge on any atom is 0.0989 e. The van der Waals surface area contributed by atoms with Gasteiger partial charge in [0.15, 0.2) is 0 Å². The lowest BCUT2D eigenvalue weighted by Crippen LogP contribution is -2.27. The van der Waals surface area contributed by atoms with E-state index in [4.69, 9.17) is 0 Å². The topological polar surface area (TPSA) is 54.2 Å². The van der Waals surface area contributed by atoms with Gasteiger partial charge >= 0.3 is 0 Å². The highest BCUT2D eigenvalue weighted by atomic mass is 16.3. The molecule has 1 atom stereocenters. The second-order valence-corrected chi connectivity index (χ2v) is 7.31. The number of aryl methyl sites for hydroxylation is 2. The summed E-state index contributed by atoms with van der Waals surface area (Å²) in [6.07, 6.45) is 7.71. The zero-order valence-electron chi connectivity index (χ0n) is 15.5. The molecule has 1 unspecified atom stereocenters. The molecule has 1 aliphatic rings. The Balaban J connectivity index is 1.54. The summed E-state index contributed by atoms with van der Waals surface area (Å²) in [5.41, 5.74) is 4.31. The molecule has 5 heteroatoms. The molecule has 136 valence electrons. The lowest BCUT2D eigenvalue weighted by molar-refractivity contribution is 0.150. The Kier molecular flexibility index (Phi) is 6.21. The van der Waals surface area contributed by atoms with Crippen LogP contribution in [0.15, 0.2) is 24.4 Å². The molecule has 0 amide bonds. The van der Waals surface area contributed by atoms with Crippen molar-refractivity contribution in [3.05, 3.63) is 46.8 Å². The van der Waals surface area contributed by atoms with Gasteiger partial charge in [0.25, 0.3) is 0 Å². The molecule has 2 aromatic rings. The van der Waals surface area contributed by atoms with Crippen LogP contribution in [-0.2, 0) is 13.0 Å². The summed E-state index contributed by atoms with van der Waals surface area (Å²) in [5.74, 6) is 0. The van der Waals surface area contributed by atoms with Crippen molar-refractivity contribution in [2.24, 2.45) is 0 Å². The van der Waals surface area contributed by atoms with Crippen molar-refractivity contribution in [2.45, 2.75) is 58.6 Å². The third-order valence-electron chi connectivity index (χ3n) is 5.11. The van der Waals surface area contributed by atoms with E-state index in [1.54, 1.807) is 4.68 Å². The van der Waals surface area contributed by atoms with Crippen molar-refractivity contribution >= 4 is 0 Å². The predicted molar refractivity (Wildman–Crippen MR) is 99.5 cm³/mol. The largest absolute Gasteiger partial charge is 0.386 e. The van der Waals surface area contributed by atoms with Crippen molar-refractivity contribution in [3.8, 4) is 0 Å². The number of benzene rings is 1. The smallest absolute Gasteiger partial charge is 0.0989 e. The van der Waals surface area contributed by atoms with Crippen LogP contribution in [0.25, 0.3) is 0 Å². The van der Waals surface area contributed by atoms with Crippen LogP contribution in [-0.4, -0.2) is 44.6 Å². The number of aliphatic hydroxyl groups is 1. The van der Waals surface area contributed by atoms with Crippen molar-refractivity contribution in [1.82, 2.24) is 19.9 Å². The van der Waals surface area contributed by atoms with Crippen molar-refractivity contribution < 1.29 is 5.11 Å².